The van der Waals surface area contributed by atoms with Crippen LogP contribution in [-0.2, 0) is 0 Å². The van der Waals surface area contributed by atoms with Crippen LogP contribution in [0.2, 0.25) is 0 Å². The zero-order valence-electron chi connectivity index (χ0n) is 21.8. The summed E-state index contributed by atoms with van der Waals surface area (Å²) in [6, 6.07) is 43.9. The van der Waals surface area contributed by atoms with Crippen LogP contribution >= 0.6 is 0 Å². The lowest BCUT2D eigenvalue weighted by molar-refractivity contribution is 0.665. The summed E-state index contributed by atoms with van der Waals surface area (Å²) in [5.74, 6) is 0. The van der Waals surface area contributed by atoms with Crippen molar-refractivity contribution >= 4 is 65.7 Å². The maximum Gasteiger partial charge on any atom is 0.159 e. The Morgan fingerprint density at radius 2 is 1.15 bits per heavy atom. The van der Waals surface area contributed by atoms with Gasteiger partial charge in [-0.3, -0.25) is 0 Å². The van der Waals surface area contributed by atoms with Gasteiger partial charge in [0.2, 0.25) is 0 Å². The van der Waals surface area contributed by atoms with E-state index in [1.807, 2.05) is 30.3 Å². The van der Waals surface area contributed by atoms with Crippen molar-refractivity contribution in [1.82, 2.24) is 4.57 Å². The highest BCUT2D eigenvalue weighted by molar-refractivity contribution is 6.14. The molecule has 0 amide bonds. The van der Waals surface area contributed by atoms with Crippen LogP contribution in [0.1, 0.15) is 5.56 Å². The third-order valence-corrected chi connectivity index (χ3v) is 8.23. The Kier molecular flexibility index (Phi) is 4.37. The number of aromatic nitrogens is 1. The van der Waals surface area contributed by atoms with E-state index in [1.165, 1.54) is 10.8 Å². The molecule has 0 saturated heterocycles. The number of hydrogen-bond donors (Lipinski definition) is 0. The van der Waals surface area contributed by atoms with Crippen LogP contribution < -0.4 is 0 Å². The molecule has 0 aliphatic rings. The van der Waals surface area contributed by atoms with E-state index in [9.17, 15) is 5.26 Å². The molecule has 9 aromatic rings. The van der Waals surface area contributed by atoms with E-state index >= 15 is 0 Å². The van der Waals surface area contributed by atoms with Gasteiger partial charge >= 0.3 is 0 Å². The largest absolute Gasteiger partial charge is 0.456 e. The fraction of sp³-hybridized carbons (Fsp3) is 0. The monoisotopic (exact) mass is 524 g/mol. The van der Waals surface area contributed by atoms with Crippen molar-refractivity contribution in [3.8, 4) is 22.9 Å². The first-order valence-electron chi connectivity index (χ1n) is 13.6. The Bertz CT molecular complexity index is 2500. The minimum Gasteiger partial charge on any atom is -0.456 e. The molecule has 0 atom stereocenters. The maximum atomic E-state index is 10.2. The number of furan rings is 2. The number of para-hydroxylation sites is 4. The van der Waals surface area contributed by atoms with E-state index in [-0.39, 0.29) is 0 Å². The molecule has 0 aliphatic heterocycles. The van der Waals surface area contributed by atoms with Crippen LogP contribution in [0.15, 0.2) is 130 Å². The van der Waals surface area contributed by atoms with Crippen LogP contribution in [0.4, 0.5) is 0 Å². The van der Waals surface area contributed by atoms with Gasteiger partial charge in [0.25, 0.3) is 0 Å². The van der Waals surface area contributed by atoms with Crippen molar-refractivity contribution < 1.29 is 8.83 Å². The molecule has 190 valence electrons. The van der Waals surface area contributed by atoms with E-state index in [1.54, 1.807) is 0 Å². The predicted octanol–water partition coefficient (Wildman–Crippen LogP) is 10.1. The predicted molar refractivity (Wildman–Crippen MR) is 165 cm³/mol. The third kappa shape index (κ3) is 3.03. The number of nitriles is 1. The van der Waals surface area contributed by atoms with Crippen LogP contribution in [0, 0.1) is 11.3 Å². The smallest absolute Gasteiger partial charge is 0.159 e. The second-order valence-electron chi connectivity index (χ2n) is 10.4. The first-order valence-corrected chi connectivity index (χ1v) is 13.6. The van der Waals surface area contributed by atoms with E-state index in [4.69, 9.17) is 8.83 Å². The number of benzene rings is 6. The zero-order valence-corrected chi connectivity index (χ0v) is 21.8. The lowest BCUT2D eigenvalue weighted by Gasteiger charge is -2.08. The summed E-state index contributed by atoms with van der Waals surface area (Å²) in [6.07, 6.45) is 0. The molecular formula is C37H20N2O2. The molecule has 0 bridgehead atoms. The van der Waals surface area contributed by atoms with E-state index in [2.05, 4.69) is 102 Å². The molecule has 0 fully saturated rings. The SMILES string of the molecule is N#Cc1cc(-c2ccc3oc4ccccc4c3c2)cc2c1oc1c(-n3c4ccccc4c4ccccc43)cccc12. The van der Waals surface area contributed by atoms with Gasteiger partial charge in [-0.2, -0.15) is 5.26 Å². The van der Waals surface area contributed by atoms with Gasteiger partial charge in [-0.15, -0.1) is 0 Å². The van der Waals surface area contributed by atoms with E-state index < -0.39 is 0 Å². The first-order chi connectivity index (χ1) is 20.3. The van der Waals surface area contributed by atoms with Gasteiger partial charge in [0.05, 0.1) is 22.3 Å². The van der Waals surface area contributed by atoms with E-state index in [0.717, 1.165) is 66.1 Å². The molecule has 4 heteroatoms. The minimum atomic E-state index is 0.513. The van der Waals surface area contributed by atoms with Crippen LogP contribution in [-0.4, -0.2) is 4.57 Å². The van der Waals surface area contributed by atoms with Crippen molar-refractivity contribution in [2.24, 2.45) is 0 Å². The molecule has 0 aliphatic carbocycles. The Morgan fingerprint density at radius 1 is 0.488 bits per heavy atom. The van der Waals surface area contributed by atoms with Crippen molar-refractivity contribution in [3.05, 3.63) is 127 Å². The summed E-state index contributed by atoms with van der Waals surface area (Å²) in [7, 11) is 0. The highest BCUT2D eigenvalue weighted by atomic mass is 16.3. The molecular weight excluding hydrogens is 504 g/mol. The molecule has 3 heterocycles. The summed E-state index contributed by atoms with van der Waals surface area (Å²) in [4.78, 5) is 0. The zero-order chi connectivity index (χ0) is 27.1. The Hall–Kier alpha value is -5.79. The lowest BCUT2D eigenvalue weighted by Crippen LogP contribution is -1.93. The fourth-order valence-corrected chi connectivity index (χ4v) is 6.40. The lowest BCUT2D eigenvalue weighted by atomic mass is 9.98. The van der Waals surface area contributed by atoms with Crippen molar-refractivity contribution in [2.45, 2.75) is 0 Å². The van der Waals surface area contributed by atoms with Gasteiger partial charge in [0.15, 0.2) is 11.2 Å². The number of nitrogens with zero attached hydrogens (tertiary/aromatic N) is 2. The summed E-state index contributed by atoms with van der Waals surface area (Å²) in [5, 5.41) is 16.6. The quantitative estimate of drug-likeness (QED) is 0.226. The molecule has 3 aromatic heterocycles. The first kappa shape index (κ1) is 22.1. The van der Waals surface area contributed by atoms with Gasteiger partial charge in [-0.05, 0) is 59.7 Å². The number of fused-ring (bicyclic) bond motifs is 9. The molecule has 9 rings (SSSR count). The second-order valence-corrected chi connectivity index (χ2v) is 10.4. The highest BCUT2D eigenvalue weighted by Crippen LogP contribution is 2.41. The molecule has 4 nitrogen and oxygen atoms in total. The average Bonchev–Trinajstić information content (AvgIpc) is 3.70. The second kappa shape index (κ2) is 8.11. The number of rotatable bonds is 2. The van der Waals surface area contributed by atoms with Gasteiger partial charge in [-0.25, -0.2) is 0 Å². The summed E-state index contributed by atoms with van der Waals surface area (Å²) >= 11 is 0. The average molecular weight is 525 g/mol. The Balaban J connectivity index is 1.32. The number of hydrogen-bond acceptors (Lipinski definition) is 3. The summed E-state index contributed by atoms with van der Waals surface area (Å²) < 4.78 is 14.9. The Labute approximate surface area is 233 Å². The van der Waals surface area contributed by atoms with Gasteiger partial charge in [-0.1, -0.05) is 72.8 Å². The molecule has 0 unspecified atom stereocenters. The fourth-order valence-electron chi connectivity index (χ4n) is 6.40. The molecule has 0 saturated carbocycles. The van der Waals surface area contributed by atoms with Crippen LogP contribution in [0.3, 0.4) is 0 Å². The van der Waals surface area contributed by atoms with Crippen molar-refractivity contribution in [2.75, 3.05) is 0 Å². The minimum absolute atomic E-state index is 0.513. The molecule has 41 heavy (non-hydrogen) atoms. The van der Waals surface area contributed by atoms with Gasteiger partial charge < -0.3 is 13.4 Å². The highest BCUT2D eigenvalue weighted by Gasteiger charge is 2.20. The van der Waals surface area contributed by atoms with Crippen LogP contribution in [0.25, 0.3) is 82.5 Å². The molecule has 0 radical (unpaired) electrons. The van der Waals surface area contributed by atoms with Crippen molar-refractivity contribution in [3.63, 3.8) is 0 Å². The maximum absolute atomic E-state index is 10.2. The summed E-state index contributed by atoms with van der Waals surface area (Å²) in [5.41, 5.74) is 8.76. The molecule has 6 aromatic carbocycles. The van der Waals surface area contributed by atoms with Crippen molar-refractivity contribution in [1.29, 1.82) is 5.26 Å². The molecule has 0 spiro atoms. The normalized spacial score (nSPS) is 11.9. The topological polar surface area (TPSA) is 55.0 Å². The van der Waals surface area contributed by atoms with Gasteiger partial charge in [0, 0.05) is 32.3 Å². The van der Waals surface area contributed by atoms with Gasteiger partial charge in [0.1, 0.15) is 17.2 Å². The van der Waals surface area contributed by atoms with Crippen LogP contribution in [0.5, 0.6) is 0 Å². The standard InChI is InChI=1S/C37H20N2O2/c38-21-24-18-23(22-16-17-35-29(19-22)27-10-3-6-15-34(27)40-35)20-30-28-11-7-14-33(37(28)41-36(24)30)39-31-12-4-1-8-25(31)26-9-2-5-13-32(26)39/h1-20H. The molecule has 0 N–H and O–H groups in total. The summed E-state index contributed by atoms with van der Waals surface area (Å²) in [6.45, 7) is 0. The Morgan fingerprint density at radius 3 is 1.93 bits per heavy atom. The van der Waals surface area contributed by atoms with E-state index in [0.29, 0.717) is 11.1 Å². The third-order valence-electron chi connectivity index (χ3n) is 8.23.